The van der Waals surface area contributed by atoms with Crippen molar-refractivity contribution in [2.75, 3.05) is 19.6 Å². The highest BCUT2D eigenvalue weighted by molar-refractivity contribution is 5.97. The smallest absolute Gasteiger partial charge is 0.267 e. The fraction of sp³-hybridized carbons (Fsp3) is 0.440. The van der Waals surface area contributed by atoms with Gasteiger partial charge in [-0.1, -0.05) is 18.2 Å². The largest absolute Gasteiger partial charge is 0.487 e. The third-order valence-corrected chi connectivity index (χ3v) is 6.49. The first-order valence-corrected chi connectivity index (χ1v) is 11.2. The van der Waals surface area contributed by atoms with Crippen LogP contribution in [-0.4, -0.2) is 46.0 Å². The zero-order valence-corrected chi connectivity index (χ0v) is 18.3. The molecular weight excluding hydrogens is 388 g/mol. The molecule has 1 fully saturated rings. The maximum absolute atomic E-state index is 12.5. The second-order valence-electron chi connectivity index (χ2n) is 9.52. The molecule has 0 aliphatic carbocycles. The summed E-state index contributed by atoms with van der Waals surface area (Å²) >= 11 is 0. The summed E-state index contributed by atoms with van der Waals surface area (Å²) in [5.74, 6) is 1.57. The molecule has 3 aromatic rings. The minimum absolute atomic E-state index is 0.0433. The predicted octanol–water partition coefficient (Wildman–Crippen LogP) is 3.92. The Morgan fingerprint density at radius 3 is 2.94 bits per heavy atom. The molecule has 2 N–H and O–H groups in total. The lowest BCUT2D eigenvalue weighted by molar-refractivity contribution is 0.0930. The Morgan fingerprint density at radius 2 is 2.13 bits per heavy atom. The SMILES string of the molecule is CC1(C)Cc2cccc(CN3CCC(CNC(=O)c4cc5ccncc5[nH]4)CC3)c2O1. The van der Waals surface area contributed by atoms with Crippen LogP contribution in [0.15, 0.2) is 42.7 Å². The Labute approximate surface area is 183 Å². The van der Waals surface area contributed by atoms with Crippen molar-refractivity contribution in [2.24, 2.45) is 5.92 Å². The molecule has 0 radical (unpaired) electrons. The average Bonchev–Trinajstić information content (AvgIpc) is 3.33. The highest BCUT2D eigenvalue weighted by Crippen LogP contribution is 2.38. The number of pyridine rings is 1. The van der Waals surface area contributed by atoms with Crippen LogP contribution in [0.25, 0.3) is 10.9 Å². The normalized spacial score (nSPS) is 18.6. The van der Waals surface area contributed by atoms with E-state index < -0.39 is 0 Å². The lowest BCUT2D eigenvalue weighted by Crippen LogP contribution is -2.38. The minimum Gasteiger partial charge on any atom is -0.487 e. The van der Waals surface area contributed by atoms with E-state index in [1.54, 1.807) is 12.4 Å². The number of para-hydroxylation sites is 1. The summed E-state index contributed by atoms with van der Waals surface area (Å²) in [6.45, 7) is 8.06. The summed E-state index contributed by atoms with van der Waals surface area (Å²) in [6.07, 6.45) is 6.65. The molecule has 2 aliphatic rings. The van der Waals surface area contributed by atoms with Crippen LogP contribution < -0.4 is 10.1 Å². The number of nitrogens with zero attached hydrogens (tertiary/aromatic N) is 2. The molecular formula is C25H30N4O2. The Kier molecular flexibility index (Phi) is 5.18. The van der Waals surface area contributed by atoms with E-state index in [1.807, 2.05) is 12.1 Å². The first kappa shape index (κ1) is 20.1. The summed E-state index contributed by atoms with van der Waals surface area (Å²) in [5, 5.41) is 4.12. The number of hydrogen-bond donors (Lipinski definition) is 2. The van der Waals surface area contributed by atoms with Crippen LogP contribution in [-0.2, 0) is 13.0 Å². The van der Waals surface area contributed by atoms with Crippen LogP contribution >= 0.6 is 0 Å². The molecule has 0 atom stereocenters. The number of nitrogens with one attached hydrogen (secondary N) is 2. The lowest BCUT2D eigenvalue weighted by atomic mass is 9.96. The van der Waals surface area contributed by atoms with Gasteiger partial charge in [-0.25, -0.2) is 0 Å². The maximum atomic E-state index is 12.5. The number of fused-ring (bicyclic) bond motifs is 2. The van der Waals surface area contributed by atoms with Gasteiger partial charge in [-0.15, -0.1) is 0 Å². The summed E-state index contributed by atoms with van der Waals surface area (Å²) in [7, 11) is 0. The van der Waals surface area contributed by atoms with Crippen LogP contribution in [0.3, 0.4) is 0 Å². The van der Waals surface area contributed by atoms with Gasteiger partial charge >= 0.3 is 0 Å². The summed E-state index contributed by atoms with van der Waals surface area (Å²) < 4.78 is 6.24. The van der Waals surface area contributed by atoms with Crippen LogP contribution in [0.5, 0.6) is 5.75 Å². The second-order valence-corrected chi connectivity index (χ2v) is 9.52. The molecule has 4 heterocycles. The number of benzene rings is 1. The zero-order valence-electron chi connectivity index (χ0n) is 18.3. The van der Waals surface area contributed by atoms with Crippen molar-refractivity contribution in [1.82, 2.24) is 20.2 Å². The summed E-state index contributed by atoms with van der Waals surface area (Å²) in [5.41, 5.74) is 4.00. The number of aromatic nitrogens is 2. The van der Waals surface area contributed by atoms with Gasteiger partial charge in [0, 0.05) is 36.7 Å². The third kappa shape index (κ3) is 4.30. The Hall–Kier alpha value is -2.86. The van der Waals surface area contributed by atoms with Crippen molar-refractivity contribution in [3.63, 3.8) is 0 Å². The molecule has 2 aliphatic heterocycles. The van der Waals surface area contributed by atoms with Crippen molar-refractivity contribution >= 4 is 16.8 Å². The highest BCUT2D eigenvalue weighted by atomic mass is 16.5. The van der Waals surface area contributed by atoms with Crippen LogP contribution in [0, 0.1) is 5.92 Å². The summed E-state index contributed by atoms with van der Waals surface area (Å²) in [4.78, 5) is 22.3. The van der Waals surface area contributed by atoms with Crippen LogP contribution in [0.1, 0.15) is 48.3 Å². The Bertz CT molecular complexity index is 1060. The summed E-state index contributed by atoms with van der Waals surface area (Å²) in [6, 6.07) is 10.3. The fourth-order valence-corrected chi connectivity index (χ4v) is 4.82. The molecule has 6 nitrogen and oxygen atoms in total. The van der Waals surface area contributed by atoms with E-state index in [4.69, 9.17) is 4.74 Å². The number of piperidine rings is 1. The first-order chi connectivity index (χ1) is 15.0. The molecule has 6 heteroatoms. The van der Waals surface area contributed by atoms with Crippen LogP contribution in [0.2, 0.25) is 0 Å². The van der Waals surface area contributed by atoms with Gasteiger partial charge in [0.25, 0.3) is 5.91 Å². The number of H-pyrrole nitrogens is 1. The maximum Gasteiger partial charge on any atom is 0.267 e. The third-order valence-electron chi connectivity index (χ3n) is 6.49. The van der Waals surface area contributed by atoms with Gasteiger partial charge in [0.15, 0.2) is 0 Å². The predicted molar refractivity (Wildman–Crippen MR) is 121 cm³/mol. The van der Waals surface area contributed by atoms with E-state index >= 15 is 0 Å². The molecule has 2 aromatic heterocycles. The number of rotatable bonds is 5. The number of likely N-dealkylation sites (tertiary alicyclic amines) is 1. The van der Waals surface area contributed by atoms with Crippen molar-refractivity contribution in [1.29, 1.82) is 0 Å². The van der Waals surface area contributed by atoms with Gasteiger partial charge in [-0.3, -0.25) is 14.7 Å². The van der Waals surface area contributed by atoms with E-state index in [0.29, 0.717) is 11.6 Å². The van der Waals surface area contributed by atoms with Gasteiger partial charge in [0.2, 0.25) is 0 Å². The molecule has 0 saturated carbocycles. The lowest BCUT2D eigenvalue weighted by Gasteiger charge is -2.32. The standard InChI is InChI=1S/C25H30N4O2/c1-25(2)13-19-4-3-5-20(23(19)31-25)16-29-10-7-17(8-11-29)14-27-24(30)21-12-18-6-9-26-15-22(18)28-21/h3-6,9,12,15,17,28H,7-8,10-11,13-14,16H2,1-2H3,(H,27,30). The van der Waals surface area contributed by atoms with Gasteiger partial charge in [0.05, 0.1) is 11.7 Å². The number of ether oxygens (including phenoxy) is 1. The molecule has 1 aromatic carbocycles. The number of carbonyl (C=O) groups is 1. The van der Waals surface area contributed by atoms with Crippen LogP contribution in [0.4, 0.5) is 0 Å². The molecule has 1 amide bonds. The Balaban J connectivity index is 1.12. The van der Waals surface area contributed by atoms with Gasteiger partial charge in [-0.2, -0.15) is 0 Å². The monoisotopic (exact) mass is 418 g/mol. The van der Waals surface area contributed by atoms with Crippen molar-refractivity contribution in [2.45, 2.75) is 45.3 Å². The molecule has 31 heavy (non-hydrogen) atoms. The topological polar surface area (TPSA) is 70.2 Å². The first-order valence-electron chi connectivity index (χ1n) is 11.2. The number of aromatic amines is 1. The highest BCUT2D eigenvalue weighted by Gasteiger charge is 2.32. The van der Waals surface area contributed by atoms with Crippen molar-refractivity contribution < 1.29 is 9.53 Å². The van der Waals surface area contributed by atoms with E-state index in [9.17, 15) is 4.79 Å². The quantitative estimate of drug-likeness (QED) is 0.659. The number of carbonyl (C=O) groups excluding carboxylic acids is 1. The zero-order chi connectivity index (χ0) is 21.4. The fourth-order valence-electron chi connectivity index (χ4n) is 4.82. The number of amides is 1. The van der Waals surface area contributed by atoms with E-state index in [-0.39, 0.29) is 11.5 Å². The van der Waals surface area contributed by atoms with E-state index in [1.165, 1.54) is 11.1 Å². The number of hydrogen-bond acceptors (Lipinski definition) is 4. The van der Waals surface area contributed by atoms with E-state index in [0.717, 1.165) is 62.1 Å². The molecule has 0 spiro atoms. The van der Waals surface area contributed by atoms with Gasteiger partial charge in [-0.05, 0) is 63.4 Å². The second kappa shape index (κ2) is 8.00. The molecule has 0 unspecified atom stereocenters. The molecule has 1 saturated heterocycles. The minimum atomic E-state index is -0.106. The Morgan fingerprint density at radius 1 is 1.29 bits per heavy atom. The molecule has 5 rings (SSSR count). The van der Waals surface area contributed by atoms with E-state index in [2.05, 4.69) is 52.2 Å². The van der Waals surface area contributed by atoms with Crippen molar-refractivity contribution in [3.05, 3.63) is 59.5 Å². The van der Waals surface area contributed by atoms with Gasteiger partial charge in [0.1, 0.15) is 17.0 Å². The molecule has 162 valence electrons. The van der Waals surface area contributed by atoms with Gasteiger partial charge < -0.3 is 15.0 Å². The molecule has 0 bridgehead atoms. The average molecular weight is 419 g/mol. The van der Waals surface area contributed by atoms with Crippen molar-refractivity contribution in [3.8, 4) is 5.75 Å².